The number of hydrogen-bond donors (Lipinski definition) is 1. The smallest absolute Gasteiger partial charge is 0.0987 e. The Balaban J connectivity index is 2.81. The summed E-state index contributed by atoms with van der Waals surface area (Å²) in [7, 11) is 3.85. The highest BCUT2D eigenvalue weighted by Gasteiger charge is 1.91. The minimum absolute atomic E-state index is 0.765. The molecule has 0 saturated carbocycles. The normalized spacial score (nSPS) is 11.3. The first kappa shape index (κ1) is 8.65. The number of hydrogen-bond acceptors (Lipinski definition) is 2. The number of benzene rings is 1. The fraction of sp³-hybridized carbons (Fsp3) is 0.200. The minimum Gasteiger partial charge on any atom is -0.385 e. The Morgan fingerprint density at radius 1 is 1.25 bits per heavy atom. The molecule has 0 atom stereocenters. The van der Waals surface area contributed by atoms with Crippen LogP contribution in [0.1, 0.15) is 5.56 Å². The van der Waals surface area contributed by atoms with Crippen molar-refractivity contribution in [3.8, 4) is 0 Å². The van der Waals surface area contributed by atoms with Gasteiger partial charge in [0.25, 0.3) is 0 Å². The second-order valence-corrected chi connectivity index (χ2v) is 2.87. The molecule has 0 aliphatic carbocycles. The maximum Gasteiger partial charge on any atom is 0.0987 e. The Morgan fingerprint density at radius 2 is 1.83 bits per heavy atom. The third kappa shape index (κ3) is 2.31. The summed E-state index contributed by atoms with van der Waals surface area (Å²) in [6.45, 7) is 0. The minimum atomic E-state index is 0.765. The Morgan fingerprint density at radius 3 is 2.33 bits per heavy atom. The van der Waals surface area contributed by atoms with Crippen molar-refractivity contribution in [3.63, 3.8) is 0 Å². The van der Waals surface area contributed by atoms with E-state index in [2.05, 4.69) is 0 Å². The van der Waals surface area contributed by atoms with Crippen molar-refractivity contribution in [3.05, 3.63) is 41.7 Å². The van der Waals surface area contributed by atoms with E-state index in [1.54, 1.807) is 0 Å². The summed E-state index contributed by atoms with van der Waals surface area (Å²) in [5, 5.41) is 0. The summed E-state index contributed by atoms with van der Waals surface area (Å²) in [5.74, 6) is 0.765. The van der Waals surface area contributed by atoms with Crippen LogP contribution in [-0.4, -0.2) is 19.0 Å². The third-order valence-corrected chi connectivity index (χ3v) is 1.63. The van der Waals surface area contributed by atoms with E-state index in [1.807, 2.05) is 55.4 Å². The second kappa shape index (κ2) is 3.81. The molecule has 0 bridgehead atoms. The quantitative estimate of drug-likeness (QED) is 0.714. The highest BCUT2D eigenvalue weighted by molar-refractivity contribution is 5.51. The van der Waals surface area contributed by atoms with Crippen LogP contribution in [-0.2, 0) is 0 Å². The van der Waals surface area contributed by atoms with E-state index >= 15 is 0 Å². The zero-order valence-corrected chi connectivity index (χ0v) is 7.49. The summed E-state index contributed by atoms with van der Waals surface area (Å²) in [6, 6.07) is 10.0. The van der Waals surface area contributed by atoms with Crippen molar-refractivity contribution < 1.29 is 0 Å². The van der Waals surface area contributed by atoms with Crippen LogP contribution in [0.4, 0.5) is 0 Å². The van der Waals surface area contributed by atoms with Gasteiger partial charge in [-0.05, 0) is 11.6 Å². The fourth-order valence-corrected chi connectivity index (χ4v) is 0.849. The topological polar surface area (TPSA) is 29.3 Å². The summed E-state index contributed by atoms with van der Waals surface area (Å²) in [6.07, 6.45) is 1.94. The Hall–Kier alpha value is -1.44. The molecule has 2 heteroatoms. The SMILES string of the molecule is CN(C)C(N)=Cc1ccccc1. The molecule has 1 aromatic rings. The van der Waals surface area contributed by atoms with Crippen LogP contribution in [0, 0.1) is 0 Å². The largest absolute Gasteiger partial charge is 0.385 e. The predicted molar refractivity (Wildman–Crippen MR) is 52.3 cm³/mol. The molecule has 0 aromatic heterocycles. The monoisotopic (exact) mass is 162 g/mol. The van der Waals surface area contributed by atoms with Gasteiger partial charge >= 0.3 is 0 Å². The molecule has 2 nitrogen and oxygen atoms in total. The maximum atomic E-state index is 5.74. The lowest BCUT2D eigenvalue weighted by molar-refractivity contribution is 0.511. The van der Waals surface area contributed by atoms with Crippen LogP contribution in [0.25, 0.3) is 6.08 Å². The molecule has 1 aromatic carbocycles. The molecule has 0 aliphatic rings. The number of nitrogens with zero attached hydrogens (tertiary/aromatic N) is 1. The Kier molecular flexibility index (Phi) is 2.75. The van der Waals surface area contributed by atoms with Gasteiger partial charge < -0.3 is 10.6 Å². The van der Waals surface area contributed by atoms with Crippen molar-refractivity contribution in [2.24, 2.45) is 5.73 Å². The van der Waals surface area contributed by atoms with E-state index in [0.717, 1.165) is 11.4 Å². The van der Waals surface area contributed by atoms with Crippen LogP contribution >= 0.6 is 0 Å². The number of nitrogens with two attached hydrogens (primary N) is 1. The third-order valence-electron chi connectivity index (χ3n) is 1.63. The van der Waals surface area contributed by atoms with Crippen LogP contribution in [0.5, 0.6) is 0 Å². The van der Waals surface area contributed by atoms with Crippen LogP contribution in [0.3, 0.4) is 0 Å². The standard InChI is InChI=1S/C10H14N2/c1-12(2)10(11)8-9-6-4-3-5-7-9/h3-8H,11H2,1-2H3. The molecule has 0 spiro atoms. The number of rotatable bonds is 2. The maximum absolute atomic E-state index is 5.74. The highest BCUT2D eigenvalue weighted by Crippen LogP contribution is 2.03. The summed E-state index contributed by atoms with van der Waals surface area (Å²) in [5.41, 5.74) is 6.86. The van der Waals surface area contributed by atoms with Gasteiger partial charge in [0.05, 0.1) is 5.82 Å². The molecule has 12 heavy (non-hydrogen) atoms. The highest BCUT2D eigenvalue weighted by atomic mass is 15.1. The van der Waals surface area contributed by atoms with Crippen molar-refractivity contribution in [1.29, 1.82) is 0 Å². The van der Waals surface area contributed by atoms with E-state index in [9.17, 15) is 0 Å². The Bertz CT molecular complexity index is 262. The lowest BCUT2D eigenvalue weighted by atomic mass is 10.2. The van der Waals surface area contributed by atoms with Gasteiger partial charge in [0.2, 0.25) is 0 Å². The van der Waals surface area contributed by atoms with E-state index in [4.69, 9.17) is 5.73 Å². The average molecular weight is 162 g/mol. The zero-order valence-electron chi connectivity index (χ0n) is 7.49. The molecular formula is C10H14N2. The van der Waals surface area contributed by atoms with Crippen molar-refractivity contribution >= 4 is 6.08 Å². The Labute approximate surface area is 73.3 Å². The summed E-state index contributed by atoms with van der Waals surface area (Å²) >= 11 is 0. The molecule has 0 saturated heterocycles. The van der Waals surface area contributed by atoms with Gasteiger partial charge in [-0.2, -0.15) is 0 Å². The van der Waals surface area contributed by atoms with E-state index in [0.29, 0.717) is 0 Å². The van der Waals surface area contributed by atoms with Crippen molar-refractivity contribution in [2.75, 3.05) is 14.1 Å². The first-order chi connectivity index (χ1) is 5.70. The van der Waals surface area contributed by atoms with Crippen LogP contribution in [0.15, 0.2) is 36.2 Å². The van der Waals surface area contributed by atoms with Gasteiger partial charge in [-0.1, -0.05) is 30.3 Å². The van der Waals surface area contributed by atoms with Gasteiger partial charge in [0.15, 0.2) is 0 Å². The fourth-order valence-electron chi connectivity index (χ4n) is 0.849. The molecule has 0 amide bonds. The molecule has 0 fully saturated rings. The molecule has 0 aliphatic heterocycles. The van der Waals surface area contributed by atoms with Gasteiger partial charge in [-0.25, -0.2) is 0 Å². The van der Waals surface area contributed by atoms with Crippen molar-refractivity contribution in [2.45, 2.75) is 0 Å². The molecule has 0 radical (unpaired) electrons. The lowest BCUT2D eigenvalue weighted by Crippen LogP contribution is -2.17. The lowest BCUT2D eigenvalue weighted by Gasteiger charge is -2.11. The molecule has 0 heterocycles. The summed E-state index contributed by atoms with van der Waals surface area (Å²) in [4.78, 5) is 1.88. The van der Waals surface area contributed by atoms with Gasteiger partial charge in [-0.15, -0.1) is 0 Å². The molecule has 0 unspecified atom stereocenters. The van der Waals surface area contributed by atoms with E-state index in [-0.39, 0.29) is 0 Å². The second-order valence-electron chi connectivity index (χ2n) is 2.87. The molecule has 64 valence electrons. The average Bonchev–Trinajstić information content (AvgIpc) is 2.06. The summed E-state index contributed by atoms with van der Waals surface area (Å²) < 4.78 is 0. The van der Waals surface area contributed by atoms with Crippen LogP contribution in [0.2, 0.25) is 0 Å². The molecule has 2 N–H and O–H groups in total. The predicted octanol–water partition coefficient (Wildman–Crippen LogP) is 1.51. The van der Waals surface area contributed by atoms with Crippen LogP contribution < -0.4 is 5.73 Å². The van der Waals surface area contributed by atoms with E-state index < -0.39 is 0 Å². The van der Waals surface area contributed by atoms with Gasteiger partial charge in [0, 0.05) is 14.1 Å². The van der Waals surface area contributed by atoms with E-state index in [1.165, 1.54) is 0 Å². The molecular weight excluding hydrogens is 148 g/mol. The molecule has 1 rings (SSSR count). The van der Waals surface area contributed by atoms with Crippen molar-refractivity contribution in [1.82, 2.24) is 4.90 Å². The first-order valence-electron chi connectivity index (χ1n) is 3.89. The zero-order chi connectivity index (χ0) is 8.97. The van der Waals surface area contributed by atoms with Gasteiger partial charge in [-0.3, -0.25) is 0 Å². The van der Waals surface area contributed by atoms with Gasteiger partial charge in [0.1, 0.15) is 0 Å². The first-order valence-corrected chi connectivity index (χ1v) is 3.89.